The lowest BCUT2D eigenvalue weighted by Crippen LogP contribution is -2.28. The van der Waals surface area contributed by atoms with E-state index in [1.54, 1.807) is 0 Å². The van der Waals surface area contributed by atoms with Crippen molar-refractivity contribution in [3.05, 3.63) is 23.7 Å². The van der Waals surface area contributed by atoms with Gasteiger partial charge < -0.3 is 14.8 Å². The van der Waals surface area contributed by atoms with Crippen molar-refractivity contribution in [1.29, 1.82) is 0 Å². The highest BCUT2D eigenvalue weighted by Gasteiger charge is 2.36. The Morgan fingerprint density at radius 2 is 2.33 bits per heavy atom. The Balaban J connectivity index is 1.85. The van der Waals surface area contributed by atoms with Gasteiger partial charge in [0.15, 0.2) is 0 Å². The van der Waals surface area contributed by atoms with Gasteiger partial charge in [-0.25, -0.2) is 0 Å². The first-order valence-corrected chi connectivity index (χ1v) is 5.63. The van der Waals surface area contributed by atoms with Crippen LogP contribution in [0.4, 0.5) is 0 Å². The summed E-state index contributed by atoms with van der Waals surface area (Å²) in [5.74, 6) is 3.52. The minimum Gasteiger partial charge on any atom is -0.464 e. The van der Waals surface area contributed by atoms with E-state index < -0.39 is 0 Å². The van der Waals surface area contributed by atoms with Crippen LogP contribution in [0.2, 0.25) is 0 Å². The van der Waals surface area contributed by atoms with E-state index in [-0.39, 0.29) is 12.6 Å². The number of aliphatic hydroxyl groups excluding tert-OH is 1. The molecule has 2 rings (SSSR count). The highest BCUT2D eigenvalue weighted by atomic mass is 16.3. The number of hydrogen-bond donors (Lipinski definition) is 2. The summed E-state index contributed by atoms with van der Waals surface area (Å²) in [7, 11) is 0. The van der Waals surface area contributed by atoms with Crippen LogP contribution in [-0.4, -0.2) is 17.8 Å². The molecule has 0 aromatic carbocycles. The standard InChI is InChI=1S/C12H19NO2/c1-8-5-11(8)12-4-3-10(15-12)6-13-9(2)7-14/h3-4,8-9,11,13-14H,5-7H2,1-2H3/t8?,9-,11?/m1/s1. The Morgan fingerprint density at radius 3 is 2.93 bits per heavy atom. The zero-order chi connectivity index (χ0) is 10.8. The van der Waals surface area contributed by atoms with Gasteiger partial charge in [-0.1, -0.05) is 6.92 Å². The first-order valence-electron chi connectivity index (χ1n) is 5.63. The fourth-order valence-electron chi connectivity index (χ4n) is 1.75. The SMILES string of the molecule is CC1CC1c1ccc(CN[C@H](C)CO)o1. The topological polar surface area (TPSA) is 45.4 Å². The molecular weight excluding hydrogens is 190 g/mol. The molecule has 3 heteroatoms. The van der Waals surface area contributed by atoms with Crippen LogP contribution in [0.5, 0.6) is 0 Å². The summed E-state index contributed by atoms with van der Waals surface area (Å²) in [5, 5.41) is 12.0. The van der Waals surface area contributed by atoms with Crippen molar-refractivity contribution in [3.8, 4) is 0 Å². The smallest absolute Gasteiger partial charge is 0.117 e. The van der Waals surface area contributed by atoms with Crippen LogP contribution in [0.1, 0.15) is 37.7 Å². The summed E-state index contributed by atoms with van der Waals surface area (Å²) in [6.45, 7) is 5.06. The largest absolute Gasteiger partial charge is 0.464 e. The van der Waals surface area contributed by atoms with Crippen molar-refractivity contribution >= 4 is 0 Å². The molecule has 0 radical (unpaired) electrons. The summed E-state index contributed by atoms with van der Waals surface area (Å²) in [6.07, 6.45) is 1.26. The third-order valence-electron chi connectivity index (χ3n) is 3.06. The van der Waals surface area contributed by atoms with Crippen molar-refractivity contribution in [3.63, 3.8) is 0 Å². The first-order chi connectivity index (χ1) is 7.20. The molecule has 0 bridgehead atoms. The third kappa shape index (κ3) is 2.61. The highest BCUT2D eigenvalue weighted by Crippen LogP contribution is 2.47. The van der Waals surface area contributed by atoms with Crippen LogP contribution in [-0.2, 0) is 6.54 Å². The van der Waals surface area contributed by atoms with Crippen LogP contribution in [0.25, 0.3) is 0 Å². The van der Waals surface area contributed by atoms with Gasteiger partial charge in [0.1, 0.15) is 11.5 Å². The lowest BCUT2D eigenvalue weighted by atomic mass is 10.3. The van der Waals surface area contributed by atoms with Crippen molar-refractivity contribution in [1.82, 2.24) is 5.32 Å². The van der Waals surface area contributed by atoms with E-state index in [9.17, 15) is 0 Å². The Labute approximate surface area is 90.5 Å². The van der Waals surface area contributed by atoms with Crippen molar-refractivity contribution in [2.45, 2.75) is 38.8 Å². The number of aliphatic hydroxyl groups is 1. The first kappa shape index (κ1) is 10.7. The second-order valence-corrected chi connectivity index (χ2v) is 4.59. The maximum Gasteiger partial charge on any atom is 0.117 e. The van der Waals surface area contributed by atoms with Crippen LogP contribution >= 0.6 is 0 Å². The second kappa shape index (κ2) is 4.37. The van der Waals surface area contributed by atoms with Gasteiger partial charge in [-0.15, -0.1) is 0 Å². The minimum absolute atomic E-state index is 0.124. The average Bonchev–Trinajstić information content (AvgIpc) is 2.80. The molecular formula is C12H19NO2. The zero-order valence-electron chi connectivity index (χ0n) is 9.36. The minimum atomic E-state index is 0.124. The van der Waals surface area contributed by atoms with Crippen LogP contribution < -0.4 is 5.32 Å². The molecule has 15 heavy (non-hydrogen) atoms. The Kier molecular flexibility index (Phi) is 3.12. The molecule has 3 nitrogen and oxygen atoms in total. The van der Waals surface area contributed by atoms with Crippen LogP contribution in [0, 0.1) is 5.92 Å². The highest BCUT2D eigenvalue weighted by molar-refractivity contribution is 5.17. The van der Waals surface area contributed by atoms with Crippen molar-refractivity contribution in [2.24, 2.45) is 5.92 Å². The van der Waals surface area contributed by atoms with E-state index in [0.717, 1.165) is 17.4 Å². The lowest BCUT2D eigenvalue weighted by Gasteiger charge is -2.08. The van der Waals surface area contributed by atoms with Crippen LogP contribution in [0.15, 0.2) is 16.5 Å². The molecule has 0 spiro atoms. The monoisotopic (exact) mass is 209 g/mol. The molecule has 2 N–H and O–H groups in total. The lowest BCUT2D eigenvalue weighted by molar-refractivity contribution is 0.248. The van der Waals surface area contributed by atoms with Gasteiger partial charge in [-0.05, 0) is 31.4 Å². The van der Waals surface area contributed by atoms with Gasteiger partial charge >= 0.3 is 0 Å². The maximum absolute atomic E-state index is 8.86. The van der Waals surface area contributed by atoms with Crippen LogP contribution in [0.3, 0.4) is 0 Å². The van der Waals surface area contributed by atoms with Crippen molar-refractivity contribution < 1.29 is 9.52 Å². The molecule has 2 unspecified atom stereocenters. The second-order valence-electron chi connectivity index (χ2n) is 4.59. The third-order valence-corrected chi connectivity index (χ3v) is 3.06. The molecule has 0 aliphatic heterocycles. The molecule has 0 saturated heterocycles. The molecule has 1 aliphatic rings. The zero-order valence-corrected chi connectivity index (χ0v) is 9.36. The molecule has 1 aromatic heterocycles. The van der Waals surface area contributed by atoms with Gasteiger partial charge in [0, 0.05) is 12.0 Å². The molecule has 1 fully saturated rings. The quantitative estimate of drug-likeness (QED) is 0.778. The van der Waals surface area contributed by atoms with Crippen molar-refractivity contribution in [2.75, 3.05) is 6.61 Å². The Morgan fingerprint density at radius 1 is 1.60 bits per heavy atom. The summed E-state index contributed by atoms with van der Waals surface area (Å²) < 4.78 is 5.73. The summed E-state index contributed by atoms with van der Waals surface area (Å²) >= 11 is 0. The molecule has 1 saturated carbocycles. The fourth-order valence-corrected chi connectivity index (χ4v) is 1.75. The molecule has 3 atom stereocenters. The van der Waals surface area contributed by atoms with Gasteiger partial charge in [-0.2, -0.15) is 0 Å². The Bertz CT molecular complexity index is 321. The van der Waals surface area contributed by atoms with E-state index in [1.165, 1.54) is 6.42 Å². The molecule has 0 amide bonds. The average molecular weight is 209 g/mol. The predicted octanol–water partition coefficient (Wildman–Crippen LogP) is 1.87. The number of furan rings is 1. The van der Waals surface area contributed by atoms with E-state index in [0.29, 0.717) is 12.5 Å². The van der Waals surface area contributed by atoms with E-state index >= 15 is 0 Å². The van der Waals surface area contributed by atoms with E-state index in [2.05, 4.69) is 18.3 Å². The summed E-state index contributed by atoms with van der Waals surface area (Å²) in [5.41, 5.74) is 0. The normalized spacial score (nSPS) is 26.6. The number of hydrogen-bond acceptors (Lipinski definition) is 3. The predicted molar refractivity (Wildman–Crippen MR) is 58.6 cm³/mol. The van der Waals surface area contributed by atoms with E-state index in [1.807, 2.05) is 13.0 Å². The molecule has 1 aromatic rings. The Hall–Kier alpha value is -0.800. The molecule has 1 aliphatic carbocycles. The molecule has 1 heterocycles. The maximum atomic E-state index is 8.86. The van der Waals surface area contributed by atoms with Gasteiger partial charge in [0.25, 0.3) is 0 Å². The van der Waals surface area contributed by atoms with Gasteiger partial charge in [0.05, 0.1) is 13.2 Å². The molecule has 84 valence electrons. The fraction of sp³-hybridized carbons (Fsp3) is 0.667. The van der Waals surface area contributed by atoms with Gasteiger partial charge in [-0.3, -0.25) is 0 Å². The number of nitrogens with one attached hydrogen (secondary N) is 1. The van der Waals surface area contributed by atoms with Gasteiger partial charge in [0.2, 0.25) is 0 Å². The summed E-state index contributed by atoms with van der Waals surface area (Å²) in [4.78, 5) is 0. The number of rotatable bonds is 5. The van der Waals surface area contributed by atoms with E-state index in [4.69, 9.17) is 9.52 Å². The summed E-state index contributed by atoms with van der Waals surface area (Å²) in [6, 6.07) is 4.23.